The molecule has 0 radical (unpaired) electrons. The van der Waals surface area contributed by atoms with Crippen LogP contribution in [-0.4, -0.2) is 11.0 Å². The van der Waals surface area contributed by atoms with E-state index in [0.717, 1.165) is 10.9 Å². The van der Waals surface area contributed by atoms with Crippen LogP contribution in [0.15, 0.2) is 52.9 Å². The first kappa shape index (κ1) is 13.4. The van der Waals surface area contributed by atoms with Gasteiger partial charge in [0.15, 0.2) is 5.76 Å². The number of hydrogen-bond donors (Lipinski definition) is 2. The molecule has 0 bridgehead atoms. The number of carbonyl (C=O) groups excluding carboxylic acids is 1. The summed E-state index contributed by atoms with van der Waals surface area (Å²) in [6.45, 7) is 1.73. The number of carbonyl (C=O) groups is 1. The number of anilines is 1. The monoisotopic (exact) mass is 281 g/mol. The minimum atomic E-state index is -0.315. The van der Waals surface area contributed by atoms with E-state index in [9.17, 15) is 9.90 Å². The predicted octanol–water partition coefficient (Wildman–Crippen LogP) is 3.49. The van der Waals surface area contributed by atoms with E-state index in [2.05, 4.69) is 5.32 Å². The van der Waals surface area contributed by atoms with Crippen LogP contribution in [0.3, 0.4) is 0 Å². The van der Waals surface area contributed by atoms with E-state index in [1.165, 1.54) is 0 Å². The van der Waals surface area contributed by atoms with Crippen LogP contribution in [-0.2, 0) is 6.61 Å². The summed E-state index contributed by atoms with van der Waals surface area (Å²) >= 11 is 0. The number of aliphatic hydroxyl groups is 1. The van der Waals surface area contributed by atoms with E-state index in [0.29, 0.717) is 22.6 Å². The minimum absolute atomic E-state index is 0.129. The molecule has 21 heavy (non-hydrogen) atoms. The number of para-hydroxylation sites is 2. The van der Waals surface area contributed by atoms with Gasteiger partial charge in [0.05, 0.1) is 6.61 Å². The Morgan fingerprint density at radius 2 is 1.86 bits per heavy atom. The third-order valence-electron chi connectivity index (χ3n) is 3.49. The first-order valence-corrected chi connectivity index (χ1v) is 6.69. The lowest BCUT2D eigenvalue weighted by atomic mass is 10.1. The topological polar surface area (TPSA) is 62.5 Å². The zero-order valence-corrected chi connectivity index (χ0v) is 11.6. The Morgan fingerprint density at radius 1 is 1.14 bits per heavy atom. The van der Waals surface area contributed by atoms with Crippen molar-refractivity contribution in [2.75, 3.05) is 5.32 Å². The SMILES string of the molecule is Cc1c(C(=O)Nc2ccccc2CO)oc2ccccc12. The zero-order chi connectivity index (χ0) is 14.8. The van der Waals surface area contributed by atoms with Crippen molar-refractivity contribution >= 4 is 22.6 Å². The Kier molecular flexibility index (Phi) is 3.46. The molecule has 1 amide bonds. The third-order valence-corrected chi connectivity index (χ3v) is 3.49. The first-order valence-electron chi connectivity index (χ1n) is 6.69. The van der Waals surface area contributed by atoms with Crippen LogP contribution in [0.25, 0.3) is 11.0 Å². The number of nitrogens with one attached hydrogen (secondary N) is 1. The Morgan fingerprint density at radius 3 is 2.62 bits per heavy atom. The molecule has 4 heteroatoms. The second-order valence-electron chi connectivity index (χ2n) is 4.82. The summed E-state index contributed by atoms with van der Waals surface area (Å²) < 4.78 is 5.63. The molecular formula is C17H15NO3. The molecule has 2 N–H and O–H groups in total. The number of rotatable bonds is 3. The smallest absolute Gasteiger partial charge is 0.291 e. The van der Waals surface area contributed by atoms with Crippen molar-refractivity contribution < 1.29 is 14.3 Å². The molecule has 4 nitrogen and oxygen atoms in total. The lowest BCUT2D eigenvalue weighted by Crippen LogP contribution is -2.13. The Labute approximate surface area is 122 Å². The van der Waals surface area contributed by atoms with Gasteiger partial charge in [-0.25, -0.2) is 0 Å². The highest BCUT2D eigenvalue weighted by atomic mass is 16.3. The van der Waals surface area contributed by atoms with Crippen LogP contribution in [0.5, 0.6) is 0 Å². The summed E-state index contributed by atoms with van der Waals surface area (Å²) in [4.78, 5) is 12.4. The van der Waals surface area contributed by atoms with Crippen molar-refractivity contribution in [3.63, 3.8) is 0 Å². The summed E-state index contributed by atoms with van der Waals surface area (Å²) in [5.74, 6) is -0.0199. The van der Waals surface area contributed by atoms with Gasteiger partial charge in [-0.15, -0.1) is 0 Å². The highest BCUT2D eigenvalue weighted by Crippen LogP contribution is 2.26. The van der Waals surface area contributed by atoms with E-state index >= 15 is 0 Å². The molecule has 0 aliphatic heterocycles. The summed E-state index contributed by atoms with van der Waals surface area (Å²) in [5.41, 5.74) is 2.75. The van der Waals surface area contributed by atoms with Gasteiger partial charge >= 0.3 is 0 Å². The van der Waals surface area contributed by atoms with Crippen molar-refractivity contribution in [1.82, 2.24) is 0 Å². The van der Waals surface area contributed by atoms with Crippen molar-refractivity contribution in [2.24, 2.45) is 0 Å². The molecule has 0 aliphatic rings. The number of aryl methyl sites for hydroxylation is 1. The molecular weight excluding hydrogens is 266 g/mol. The molecule has 0 fully saturated rings. The molecule has 1 heterocycles. The van der Waals surface area contributed by atoms with Crippen molar-refractivity contribution in [3.05, 3.63) is 65.4 Å². The minimum Gasteiger partial charge on any atom is -0.451 e. The Bertz CT molecular complexity index is 805. The van der Waals surface area contributed by atoms with Gasteiger partial charge in [-0.3, -0.25) is 4.79 Å². The van der Waals surface area contributed by atoms with Gasteiger partial charge in [-0.05, 0) is 19.1 Å². The fourth-order valence-corrected chi connectivity index (χ4v) is 2.35. The molecule has 0 unspecified atom stereocenters. The van der Waals surface area contributed by atoms with E-state index in [4.69, 9.17) is 4.42 Å². The summed E-state index contributed by atoms with van der Waals surface area (Å²) in [6, 6.07) is 14.7. The van der Waals surface area contributed by atoms with E-state index < -0.39 is 0 Å². The maximum atomic E-state index is 12.4. The number of benzene rings is 2. The van der Waals surface area contributed by atoms with Crippen LogP contribution < -0.4 is 5.32 Å². The molecule has 0 spiro atoms. The largest absolute Gasteiger partial charge is 0.451 e. The number of aliphatic hydroxyl groups excluding tert-OH is 1. The molecule has 0 saturated carbocycles. The maximum absolute atomic E-state index is 12.4. The summed E-state index contributed by atoms with van der Waals surface area (Å²) in [7, 11) is 0. The highest BCUT2D eigenvalue weighted by Gasteiger charge is 2.18. The molecule has 3 rings (SSSR count). The molecule has 0 saturated heterocycles. The Hall–Kier alpha value is -2.59. The normalized spacial score (nSPS) is 10.8. The predicted molar refractivity (Wildman–Crippen MR) is 81.3 cm³/mol. The molecule has 0 aliphatic carbocycles. The van der Waals surface area contributed by atoms with Crippen molar-refractivity contribution in [2.45, 2.75) is 13.5 Å². The second-order valence-corrected chi connectivity index (χ2v) is 4.82. The van der Waals surface area contributed by atoms with E-state index in [-0.39, 0.29) is 12.5 Å². The fraction of sp³-hybridized carbons (Fsp3) is 0.118. The van der Waals surface area contributed by atoms with Crippen LogP contribution in [0, 0.1) is 6.92 Å². The first-order chi connectivity index (χ1) is 10.2. The van der Waals surface area contributed by atoms with Gasteiger partial charge in [0.2, 0.25) is 0 Å². The average molecular weight is 281 g/mol. The maximum Gasteiger partial charge on any atom is 0.291 e. The molecule has 0 atom stereocenters. The van der Waals surface area contributed by atoms with Gasteiger partial charge in [0, 0.05) is 22.2 Å². The lowest BCUT2D eigenvalue weighted by Gasteiger charge is -2.08. The number of hydrogen-bond acceptors (Lipinski definition) is 3. The zero-order valence-electron chi connectivity index (χ0n) is 11.6. The molecule has 1 aromatic heterocycles. The lowest BCUT2D eigenvalue weighted by molar-refractivity contribution is 0.0997. The quantitative estimate of drug-likeness (QED) is 0.772. The standard InChI is InChI=1S/C17H15NO3/c1-11-13-7-3-5-9-15(13)21-16(11)17(20)18-14-8-4-2-6-12(14)10-19/h2-9,19H,10H2,1H3,(H,18,20). The van der Waals surface area contributed by atoms with Crippen molar-refractivity contribution in [3.8, 4) is 0 Å². The third kappa shape index (κ3) is 2.41. The van der Waals surface area contributed by atoms with Gasteiger partial charge < -0.3 is 14.8 Å². The molecule has 3 aromatic rings. The van der Waals surface area contributed by atoms with Gasteiger partial charge in [-0.2, -0.15) is 0 Å². The second kappa shape index (κ2) is 5.42. The number of furan rings is 1. The van der Waals surface area contributed by atoms with Gasteiger partial charge in [0.1, 0.15) is 5.58 Å². The van der Waals surface area contributed by atoms with Crippen LogP contribution in [0.4, 0.5) is 5.69 Å². The van der Waals surface area contributed by atoms with E-state index in [1.807, 2.05) is 37.3 Å². The Balaban J connectivity index is 1.96. The summed E-state index contributed by atoms with van der Waals surface area (Å²) in [5, 5.41) is 13.0. The molecule has 106 valence electrons. The van der Waals surface area contributed by atoms with Gasteiger partial charge in [0.25, 0.3) is 5.91 Å². The highest BCUT2D eigenvalue weighted by molar-refractivity contribution is 6.06. The number of fused-ring (bicyclic) bond motifs is 1. The average Bonchev–Trinajstić information content (AvgIpc) is 2.85. The van der Waals surface area contributed by atoms with Crippen molar-refractivity contribution in [1.29, 1.82) is 0 Å². The molecule has 2 aromatic carbocycles. The number of amides is 1. The van der Waals surface area contributed by atoms with Gasteiger partial charge in [-0.1, -0.05) is 36.4 Å². The summed E-state index contributed by atoms with van der Waals surface area (Å²) in [6.07, 6.45) is 0. The van der Waals surface area contributed by atoms with Crippen LogP contribution in [0.2, 0.25) is 0 Å². The van der Waals surface area contributed by atoms with Crippen LogP contribution >= 0.6 is 0 Å². The van der Waals surface area contributed by atoms with Crippen LogP contribution in [0.1, 0.15) is 21.7 Å². The van der Waals surface area contributed by atoms with E-state index in [1.54, 1.807) is 18.2 Å². The fourth-order valence-electron chi connectivity index (χ4n) is 2.35.